The van der Waals surface area contributed by atoms with Gasteiger partial charge in [0.25, 0.3) is 0 Å². The van der Waals surface area contributed by atoms with Gasteiger partial charge in [0.2, 0.25) is 0 Å². The van der Waals surface area contributed by atoms with Crippen molar-refractivity contribution in [2.75, 3.05) is 0 Å². The first-order chi connectivity index (χ1) is 13.7. The zero-order valence-electron chi connectivity index (χ0n) is 15.9. The largest absolute Gasteiger partial charge is 0.507 e. The molecular formula is C26H22O2. The first-order valence-electron chi connectivity index (χ1n) is 9.35. The lowest BCUT2D eigenvalue weighted by molar-refractivity contribution is 0.477. The molecule has 0 atom stereocenters. The van der Waals surface area contributed by atoms with E-state index in [0.29, 0.717) is 5.75 Å². The molecule has 4 rings (SSSR count). The number of rotatable bonds is 4. The van der Waals surface area contributed by atoms with Gasteiger partial charge in [-0.05, 0) is 42.7 Å². The van der Waals surface area contributed by atoms with Crippen LogP contribution in [0.15, 0.2) is 83.8 Å². The van der Waals surface area contributed by atoms with E-state index in [4.69, 9.17) is 4.42 Å². The summed E-state index contributed by atoms with van der Waals surface area (Å²) in [5, 5.41) is 12.4. The van der Waals surface area contributed by atoms with Crippen LogP contribution < -0.4 is 10.6 Å². The summed E-state index contributed by atoms with van der Waals surface area (Å²) in [4.78, 5) is 0. The third kappa shape index (κ3) is 3.49. The van der Waals surface area contributed by atoms with Crippen molar-refractivity contribution in [1.82, 2.24) is 0 Å². The molecule has 0 saturated carbocycles. The van der Waals surface area contributed by atoms with Crippen molar-refractivity contribution in [2.24, 2.45) is 0 Å². The summed E-state index contributed by atoms with van der Waals surface area (Å²) in [6, 6.07) is 21.9. The van der Waals surface area contributed by atoms with Crippen LogP contribution in [0.4, 0.5) is 0 Å². The highest BCUT2D eigenvalue weighted by Gasteiger charge is 2.06. The van der Waals surface area contributed by atoms with Crippen LogP contribution in [0.3, 0.4) is 0 Å². The molecule has 0 bridgehead atoms. The normalized spacial score (nSPS) is 12.6. The Balaban J connectivity index is 1.80. The molecule has 0 unspecified atom stereocenters. The summed E-state index contributed by atoms with van der Waals surface area (Å²) in [5.74, 6) is 0.298. The molecule has 4 aromatic rings. The summed E-state index contributed by atoms with van der Waals surface area (Å²) in [6.45, 7) is 5.88. The SMILES string of the molecule is C=C/C=c1/oc2ccccc2/c1=C/Cc1cc(C)cc(-c2ccccc2O)c1. The van der Waals surface area contributed by atoms with Crippen molar-refractivity contribution in [1.29, 1.82) is 0 Å². The second-order valence-corrected chi connectivity index (χ2v) is 6.91. The number of furan rings is 1. The van der Waals surface area contributed by atoms with E-state index in [0.717, 1.165) is 39.2 Å². The van der Waals surface area contributed by atoms with Crippen LogP contribution in [-0.2, 0) is 6.42 Å². The van der Waals surface area contributed by atoms with Gasteiger partial charge in [0.1, 0.15) is 16.7 Å². The van der Waals surface area contributed by atoms with Crippen LogP contribution in [0.5, 0.6) is 5.75 Å². The Morgan fingerprint density at radius 2 is 1.79 bits per heavy atom. The van der Waals surface area contributed by atoms with Gasteiger partial charge >= 0.3 is 0 Å². The number of aromatic hydroxyl groups is 1. The van der Waals surface area contributed by atoms with E-state index in [9.17, 15) is 5.11 Å². The van der Waals surface area contributed by atoms with Crippen LogP contribution in [0.1, 0.15) is 11.1 Å². The van der Waals surface area contributed by atoms with E-state index in [1.54, 1.807) is 12.1 Å². The fraction of sp³-hybridized carbons (Fsp3) is 0.0769. The summed E-state index contributed by atoms with van der Waals surface area (Å²) >= 11 is 0. The number of hydrogen-bond acceptors (Lipinski definition) is 2. The average Bonchev–Trinajstić information content (AvgIpc) is 3.04. The van der Waals surface area contributed by atoms with Crippen molar-refractivity contribution >= 4 is 23.1 Å². The number of phenols is 1. The van der Waals surface area contributed by atoms with Gasteiger partial charge in [-0.3, -0.25) is 0 Å². The lowest BCUT2D eigenvalue weighted by atomic mass is 9.98. The van der Waals surface area contributed by atoms with Gasteiger partial charge in [-0.15, -0.1) is 0 Å². The quantitative estimate of drug-likeness (QED) is 0.545. The molecule has 2 nitrogen and oxygen atoms in total. The molecule has 0 fully saturated rings. The van der Waals surface area contributed by atoms with Crippen molar-refractivity contribution in [2.45, 2.75) is 13.3 Å². The molecule has 2 heteroatoms. The van der Waals surface area contributed by atoms with Crippen molar-refractivity contribution in [3.8, 4) is 16.9 Å². The third-order valence-electron chi connectivity index (χ3n) is 4.83. The lowest BCUT2D eigenvalue weighted by Crippen LogP contribution is -2.19. The number of allylic oxidation sites excluding steroid dienone is 1. The number of benzene rings is 3. The first kappa shape index (κ1) is 17.9. The van der Waals surface area contributed by atoms with E-state index in [-0.39, 0.29) is 0 Å². The predicted octanol–water partition coefficient (Wildman–Crippen LogP) is 5.10. The Kier molecular flexibility index (Phi) is 4.86. The summed E-state index contributed by atoms with van der Waals surface area (Å²) in [7, 11) is 0. The second-order valence-electron chi connectivity index (χ2n) is 6.91. The average molecular weight is 366 g/mol. The minimum absolute atomic E-state index is 0.298. The Morgan fingerprint density at radius 3 is 2.61 bits per heavy atom. The molecule has 1 aromatic heterocycles. The molecule has 138 valence electrons. The van der Waals surface area contributed by atoms with E-state index in [2.05, 4.69) is 43.8 Å². The molecule has 0 spiro atoms. The van der Waals surface area contributed by atoms with E-state index in [1.807, 2.05) is 42.5 Å². The van der Waals surface area contributed by atoms with Gasteiger partial charge in [0.05, 0.1) is 0 Å². The number of phenolic OH excluding ortho intramolecular Hbond substituents is 1. The molecular weight excluding hydrogens is 344 g/mol. The second kappa shape index (κ2) is 7.61. The van der Waals surface area contributed by atoms with E-state index < -0.39 is 0 Å². The molecule has 3 aromatic carbocycles. The number of aryl methyl sites for hydroxylation is 1. The van der Waals surface area contributed by atoms with Gasteiger partial charge in [-0.2, -0.15) is 0 Å². The van der Waals surface area contributed by atoms with Gasteiger partial charge in [-0.25, -0.2) is 0 Å². The van der Waals surface area contributed by atoms with E-state index in [1.165, 1.54) is 11.1 Å². The lowest BCUT2D eigenvalue weighted by Gasteiger charge is -2.08. The highest BCUT2D eigenvalue weighted by atomic mass is 16.3. The molecule has 0 aliphatic rings. The Morgan fingerprint density at radius 1 is 1.00 bits per heavy atom. The zero-order chi connectivity index (χ0) is 19.5. The highest BCUT2D eigenvalue weighted by Crippen LogP contribution is 2.30. The monoisotopic (exact) mass is 366 g/mol. The summed E-state index contributed by atoms with van der Waals surface area (Å²) < 4.78 is 5.97. The van der Waals surface area contributed by atoms with E-state index >= 15 is 0 Å². The molecule has 0 amide bonds. The van der Waals surface area contributed by atoms with Crippen molar-refractivity contribution < 1.29 is 9.52 Å². The summed E-state index contributed by atoms with van der Waals surface area (Å²) in [5.41, 5.74) is 5.93. The molecule has 0 aliphatic carbocycles. The van der Waals surface area contributed by atoms with Crippen LogP contribution in [0.25, 0.3) is 34.2 Å². The highest BCUT2D eigenvalue weighted by molar-refractivity contribution is 5.79. The van der Waals surface area contributed by atoms with Gasteiger partial charge in [-0.1, -0.05) is 78.9 Å². The number of hydrogen-bond donors (Lipinski definition) is 1. The molecule has 1 N–H and O–H groups in total. The minimum atomic E-state index is 0.298. The zero-order valence-corrected chi connectivity index (χ0v) is 15.9. The maximum absolute atomic E-state index is 10.2. The van der Waals surface area contributed by atoms with Crippen molar-refractivity contribution in [3.63, 3.8) is 0 Å². The standard InChI is InChI=1S/C26H22O2/c1-3-8-25-23(22-10-5-7-12-26(22)28-25)14-13-19-15-18(2)16-20(17-19)21-9-4-6-11-24(21)27/h3-12,14-17,27H,1,13H2,2H3/b23-14-,25-8+. The summed E-state index contributed by atoms with van der Waals surface area (Å²) in [6.07, 6.45) is 6.61. The molecule has 0 saturated heterocycles. The van der Waals surface area contributed by atoms with Gasteiger partial charge in [0.15, 0.2) is 0 Å². The number of para-hydroxylation sites is 2. The third-order valence-corrected chi connectivity index (χ3v) is 4.83. The minimum Gasteiger partial charge on any atom is -0.507 e. The molecule has 28 heavy (non-hydrogen) atoms. The fourth-order valence-corrected chi connectivity index (χ4v) is 3.60. The maximum Gasteiger partial charge on any atom is 0.135 e. The molecule has 0 aliphatic heterocycles. The van der Waals surface area contributed by atoms with Crippen LogP contribution in [0.2, 0.25) is 0 Å². The fourth-order valence-electron chi connectivity index (χ4n) is 3.60. The number of fused-ring (bicyclic) bond motifs is 1. The molecule has 0 radical (unpaired) electrons. The smallest absolute Gasteiger partial charge is 0.135 e. The topological polar surface area (TPSA) is 33.4 Å². The van der Waals surface area contributed by atoms with Gasteiger partial charge in [0, 0.05) is 16.2 Å². The van der Waals surface area contributed by atoms with Crippen LogP contribution >= 0.6 is 0 Å². The Hall–Kier alpha value is -3.52. The first-order valence-corrected chi connectivity index (χ1v) is 9.35. The van der Waals surface area contributed by atoms with Crippen molar-refractivity contribution in [3.05, 3.63) is 101 Å². The predicted molar refractivity (Wildman–Crippen MR) is 117 cm³/mol. The van der Waals surface area contributed by atoms with Crippen LogP contribution in [-0.4, -0.2) is 5.11 Å². The maximum atomic E-state index is 10.2. The Labute approximate surface area is 164 Å². The van der Waals surface area contributed by atoms with Crippen LogP contribution in [0, 0.1) is 6.92 Å². The Bertz CT molecular complexity index is 1280. The van der Waals surface area contributed by atoms with Gasteiger partial charge < -0.3 is 9.52 Å². The molecule has 1 heterocycles.